The quantitative estimate of drug-likeness (QED) is 0.373. The van der Waals surface area contributed by atoms with Gasteiger partial charge in [-0.1, -0.05) is 54.6 Å². The Morgan fingerprint density at radius 1 is 0.913 bits per heavy atom. The summed E-state index contributed by atoms with van der Waals surface area (Å²) in [6.07, 6.45) is 0. The lowest BCUT2D eigenvalue weighted by Crippen LogP contribution is -1.88. The summed E-state index contributed by atoms with van der Waals surface area (Å²) in [6, 6.07) is 16.9. The van der Waals surface area contributed by atoms with Crippen molar-refractivity contribution in [2.45, 2.75) is 0 Å². The maximum atomic E-state index is 14.4. The maximum absolute atomic E-state index is 14.4. The molecule has 4 aromatic rings. The van der Waals surface area contributed by atoms with Gasteiger partial charge in [0.2, 0.25) is 0 Å². The number of hydrogen-bond donors (Lipinski definition) is 0. The third-order valence-corrected chi connectivity index (χ3v) is 3.85. The Kier molecular flexibility index (Phi) is 2.87. The standard InChI is InChI=1S/C18H10FNO3/c19-15-10-14-16(11-6-2-1-3-7-11)18(20(21)22)23-17(14)13-9-5-4-8-12(13)15/h1-10H. The van der Waals surface area contributed by atoms with Crippen LogP contribution in [0.4, 0.5) is 10.3 Å². The Morgan fingerprint density at radius 3 is 2.26 bits per heavy atom. The molecule has 112 valence electrons. The molecule has 3 aromatic carbocycles. The van der Waals surface area contributed by atoms with E-state index in [1.54, 1.807) is 48.5 Å². The molecule has 5 heteroatoms. The first-order valence-corrected chi connectivity index (χ1v) is 7.00. The van der Waals surface area contributed by atoms with Crippen LogP contribution in [0, 0.1) is 15.9 Å². The molecule has 4 nitrogen and oxygen atoms in total. The second-order valence-corrected chi connectivity index (χ2v) is 5.19. The van der Waals surface area contributed by atoms with Gasteiger partial charge < -0.3 is 4.42 Å². The fraction of sp³-hybridized carbons (Fsp3) is 0. The second kappa shape index (κ2) is 4.91. The van der Waals surface area contributed by atoms with E-state index in [0.717, 1.165) is 0 Å². The average Bonchev–Trinajstić information content (AvgIpc) is 2.96. The van der Waals surface area contributed by atoms with E-state index in [1.807, 2.05) is 6.07 Å². The molecule has 0 atom stereocenters. The van der Waals surface area contributed by atoms with Crippen LogP contribution >= 0.6 is 0 Å². The van der Waals surface area contributed by atoms with E-state index in [1.165, 1.54) is 6.07 Å². The molecule has 0 saturated heterocycles. The van der Waals surface area contributed by atoms with Gasteiger partial charge in [0.1, 0.15) is 21.9 Å². The first-order chi connectivity index (χ1) is 11.2. The number of halogens is 1. The zero-order valence-electron chi connectivity index (χ0n) is 11.8. The zero-order chi connectivity index (χ0) is 16.0. The van der Waals surface area contributed by atoms with Gasteiger partial charge in [0.25, 0.3) is 0 Å². The number of nitro groups is 1. The molecule has 0 bridgehead atoms. The topological polar surface area (TPSA) is 56.3 Å². The average molecular weight is 307 g/mol. The van der Waals surface area contributed by atoms with Gasteiger partial charge in [-0.25, -0.2) is 4.39 Å². The molecule has 0 radical (unpaired) electrons. The smallest absolute Gasteiger partial charge is 0.399 e. The van der Waals surface area contributed by atoms with Crippen LogP contribution in [0.3, 0.4) is 0 Å². The molecule has 23 heavy (non-hydrogen) atoms. The summed E-state index contributed by atoms with van der Waals surface area (Å²) in [5.41, 5.74) is 1.25. The first-order valence-electron chi connectivity index (χ1n) is 7.00. The third kappa shape index (κ3) is 1.97. The van der Waals surface area contributed by atoms with Crippen LogP contribution in [0.25, 0.3) is 32.9 Å². The van der Waals surface area contributed by atoms with Gasteiger partial charge >= 0.3 is 5.88 Å². The largest absolute Gasteiger partial charge is 0.442 e. The van der Waals surface area contributed by atoms with Crippen molar-refractivity contribution in [3.8, 4) is 11.1 Å². The van der Waals surface area contributed by atoms with Gasteiger partial charge in [0.05, 0.1) is 0 Å². The molecule has 0 amide bonds. The molecular formula is C18H10FNO3. The summed E-state index contributed by atoms with van der Waals surface area (Å²) in [5.74, 6) is -0.803. The molecule has 0 saturated carbocycles. The van der Waals surface area contributed by atoms with Gasteiger partial charge in [-0.3, -0.25) is 10.1 Å². The Balaban J connectivity index is 2.20. The van der Waals surface area contributed by atoms with Crippen LogP contribution in [-0.4, -0.2) is 4.92 Å². The van der Waals surface area contributed by atoms with Crippen molar-refractivity contribution in [3.05, 3.63) is 76.6 Å². The van der Waals surface area contributed by atoms with E-state index in [4.69, 9.17) is 4.42 Å². The summed E-state index contributed by atoms with van der Waals surface area (Å²) < 4.78 is 19.9. The molecule has 4 rings (SSSR count). The van der Waals surface area contributed by atoms with Gasteiger partial charge in [-0.15, -0.1) is 0 Å². The Labute approximate surface area is 129 Å². The summed E-state index contributed by atoms with van der Waals surface area (Å²) in [6.45, 7) is 0. The molecule has 1 heterocycles. The highest BCUT2D eigenvalue weighted by atomic mass is 19.1. The molecule has 1 aromatic heterocycles. The fourth-order valence-corrected chi connectivity index (χ4v) is 2.88. The van der Waals surface area contributed by atoms with Crippen LogP contribution in [0.2, 0.25) is 0 Å². The Hall–Kier alpha value is -3.21. The molecule has 0 spiro atoms. The monoisotopic (exact) mass is 307 g/mol. The van der Waals surface area contributed by atoms with Crippen LogP contribution in [0.1, 0.15) is 0 Å². The number of furan rings is 1. The maximum Gasteiger partial charge on any atom is 0.442 e. The van der Waals surface area contributed by atoms with Crippen molar-refractivity contribution in [2.24, 2.45) is 0 Å². The van der Waals surface area contributed by atoms with E-state index >= 15 is 0 Å². The fourth-order valence-electron chi connectivity index (χ4n) is 2.88. The number of nitrogens with zero attached hydrogens (tertiary/aromatic N) is 1. The molecule has 0 aliphatic rings. The molecular weight excluding hydrogens is 297 g/mol. The lowest BCUT2D eigenvalue weighted by Gasteiger charge is -2.01. The van der Waals surface area contributed by atoms with Crippen molar-refractivity contribution in [3.63, 3.8) is 0 Å². The minimum Gasteiger partial charge on any atom is -0.399 e. The molecule has 0 fully saturated rings. The van der Waals surface area contributed by atoms with E-state index < -0.39 is 10.7 Å². The Bertz CT molecular complexity index is 1050. The van der Waals surface area contributed by atoms with Crippen molar-refractivity contribution < 1.29 is 13.7 Å². The predicted octanol–water partition coefficient (Wildman–Crippen LogP) is 5.30. The zero-order valence-corrected chi connectivity index (χ0v) is 11.8. The number of rotatable bonds is 2. The number of benzene rings is 3. The van der Waals surface area contributed by atoms with Crippen LogP contribution in [0.5, 0.6) is 0 Å². The summed E-state index contributed by atoms with van der Waals surface area (Å²) in [5, 5.41) is 12.7. The summed E-state index contributed by atoms with van der Waals surface area (Å²) in [7, 11) is 0. The first kappa shape index (κ1) is 13.5. The van der Waals surface area contributed by atoms with E-state index in [-0.39, 0.29) is 5.88 Å². The van der Waals surface area contributed by atoms with E-state index in [9.17, 15) is 14.5 Å². The SMILES string of the molecule is O=[N+]([O-])c1oc2c(cc(F)c3ccccc32)c1-c1ccccc1. The summed E-state index contributed by atoms with van der Waals surface area (Å²) >= 11 is 0. The van der Waals surface area contributed by atoms with Gasteiger partial charge in [0, 0.05) is 16.2 Å². The number of fused-ring (bicyclic) bond motifs is 3. The molecule has 0 aliphatic carbocycles. The van der Waals surface area contributed by atoms with Crippen molar-refractivity contribution in [1.29, 1.82) is 0 Å². The van der Waals surface area contributed by atoms with Gasteiger partial charge in [-0.05, 0) is 11.6 Å². The highest BCUT2D eigenvalue weighted by Gasteiger charge is 2.27. The molecule has 0 N–H and O–H groups in total. The van der Waals surface area contributed by atoms with E-state index in [0.29, 0.717) is 32.9 Å². The van der Waals surface area contributed by atoms with Crippen molar-refractivity contribution in [2.75, 3.05) is 0 Å². The van der Waals surface area contributed by atoms with Crippen LogP contribution in [-0.2, 0) is 0 Å². The predicted molar refractivity (Wildman–Crippen MR) is 85.8 cm³/mol. The van der Waals surface area contributed by atoms with Crippen LogP contribution < -0.4 is 0 Å². The summed E-state index contributed by atoms with van der Waals surface area (Å²) in [4.78, 5) is 10.8. The Morgan fingerprint density at radius 2 is 1.57 bits per heavy atom. The van der Waals surface area contributed by atoms with Crippen molar-refractivity contribution in [1.82, 2.24) is 0 Å². The molecule has 0 aliphatic heterocycles. The highest BCUT2D eigenvalue weighted by molar-refractivity contribution is 6.11. The number of hydrogen-bond acceptors (Lipinski definition) is 3. The minimum atomic E-state index is -0.574. The van der Waals surface area contributed by atoms with Crippen LogP contribution in [0.15, 0.2) is 65.1 Å². The minimum absolute atomic E-state index is 0.301. The lowest BCUT2D eigenvalue weighted by atomic mass is 10.0. The van der Waals surface area contributed by atoms with E-state index in [2.05, 4.69) is 0 Å². The van der Waals surface area contributed by atoms with Gasteiger partial charge in [-0.2, -0.15) is 0 Å². The van der Waals surface area contributed by atoms with Gasteiger partial charge in [0.15, 0.2) is 0 Å². The molecule has 0 unspecified atom stereocenters. The second-order valence-electron chi connectivity index (χ2n) is 5.19. The highest BCUT2D eigenvalue weighted by Crippen LogP contribution is 2.42. The van der Waals surface area contributed by atoms with Crippen molar-refractivity contribution >= 4 is 27.6 Å². The lowest BCUT2D eigenvalue weighted by molar-refractivity contribution is -0.400. The normalized spacial score (nSPS) is 11.2. The third-order valence-electron chi connectivity index (χ3n) is 3.85.